The fourth-order valence-corrected chi connectivity index (χ4v) is 5.29. The molecule has 3 heterocycles. The van der Waals surface area contributed by atoms with Gasteiger partial charge >= 0.3 is 0 Å². The SMILES string of the molecule is C=CCOc1cccc(C2c3c(oc4cc(C)c(C)cc4c3=O)C(=O)N2c2nnc(CCC)s2)c1. The van der Waals surface area contributed by atoms with Crippen molar-refractivity contribution in [3.8, 4) is 5.75 Å². The molecule has 0 N–H and O–H groups in total. The molecule has 0 saturated heterocycles. The van der Waals surface area contributed by atoms with E-state index in [4.69, 9.17) is 9.15 Å². The Balaban J connectivity index is 1.74. The van der Waals surface area contributed by atoms with Gasteiger partial charge in [0.25, 0.3) is 5.91 Å². The van der Waals surface area contributed by atoms with Crippen LogP contribution in [-0.2, 0) is 6.42 Å². The number of nitrogens with zero attached hydrogens (tertiary/aromatic N) is 3. The maximum absolute atomic E-state index is 13.8. The topological polar surface area (TPSA) is 85.5 Å². The minimum Gasteiger partial charge on any atom is -0.490 e. The second-order valence-corrected chi connectivity index (χ2v) is 9.63. The van der Waals surface area contributed by atoms with Gasteiger partial charge in [-0.25, -0.2) is 0 Å². The minimum atomic E-state index is -0.713. The molecule has 0 fully saturated rings. The van der Waals surface area contributed by atoms with Crippen LogP contribution in [0.3, 0.4) is 0 Å². The summed E-state index contributed by atoms with van der Waals surface area (Å²) in [5.41, 5.74) is 3.18. The molecule has 1 aliphatic heterocycles. The Morgan fingerprint density at radius 2 is 1.97 bits per heavy atom. The number of hydrogen-bond acceptors (Lipinski definition) is 7. The van der Waals surface area contributed by atoms with Crippen molar-refractivity contribution in [1.29, 1.82) is 0 Å². The number of ether oxygens (including phenoxy) is 1. The van der Waals surface area contributed by atoms with E-state index in [2.05, 4.69) is 23.7 Å². The van der Waals surface area contributed by atoms with E-state index < -0.39 is 11.9 Å². The Kier molecular flexibility index (Phi) is 5.98. The van der Waals surface area contributed by atoms with Gasteiger partial charge in [-0.05, 0) is 61.2 Å². The van der Waals surface area contributed by atoms with E-state index in [9.17, 15) is 9.59 Å². The highest BCUT2D eigenvalue weighted by Crippen LogP contribution is 2.43. The van der Waals surface area contributed by atoms with E-state index in [1.54, 1.807) is 6.08 Å². The second kappa shape index (κ2) is 9.11. The van der Waals surface area contributed by atoms with Crippen LogP contribution in [0.4, 0.5) is 5.13 Å². The van der Waals surface area contributed by atoms with Gasteiger partial charge < -0.3 is 9.15 Å². The molecule has 35 heavy (non-hydrogen) atoms. The third kappa shape index (κ3) is 3.93. The minimum absolute atomic E-state index is 0.0420. The van der Waals surface area contributed by atoms with Crippen LogP contribution < -0.4 is 15.1 Å². The third-order valence-corrected chi connectivity index (χ3v) is 7.14. The highest BCUT2D eigenvalue weighted by atomic mass is 32.1. The summed E-state index contributed by atoms with van der Waals surface area (Å²) in [6, 6.07) is 10.3. The molecule has 1 unspecified atom stereocenters. The average molecular weight is 488 g/mol. The van der Waals surface area contributed by atoms with Crippen molar-refractivity contribution in [3.63, 3.8) is 0 Å². The molecule has 0 bridgehead atoms. The number of amides is 1. The van der Waals surface area contributed by atoms with Gasteiger partial charge in [-0.2, -0.15) is 0 Å². The standard InChI is InChI=1S/C27H25N3O4S/c1-5-8-21-28-29-27(35-21)30-23(17-9-7-10-18(14-17)33-11-6-2)22-24(31)19-12-15(3)16(4)13-20(19)34-25(22)26(30)32/h6-7,9-10,12-14,23H,2,5,8,11H2,1,3-4H3. The summed E-state index contributed by atoms with van der Waals surface area (Å²) in [4.78, 5) is 29.1. The Bertz CT molecular complexity index is 1520. The fraction of sp³-hybridized carbons (Fsp3) is 0.259. The lowest BCUT2D eigenvalue weighted by molar-refractivity contribution is 0.0970. The first-order valence-corrected chi connectivity index (χ1v) is 12.3. The van der Waals surface area contributed by atoms with Crippen molar-refractivity contribution in [2.24, 2.45) is 0 Å². The van der Waals surface area contributed by atoms with Gasteiger partial charge in [-0.3, -0.25) is 14.5 Å². The summed E-state index contributed by atoms with van der Waals surface area (Å²) in [6.45, 7) is 10.00. The van der Waals surface area contributed by atoms with E-state index in [0.29, 0.717) is 34.0 Å². The summed E-state index contributed by atoms with van der Waals surface area (Å²) >= 11 is 1.36. The maximum atomic E-state index is 13.8. The molecule has 7 nitrogen and oxygen atoms in total. The van der Waals surface area contributed by atoms with Gasteiger partial charge in [-0.1, -0.05) is 43.0 Å². The van der Waals surface area contributed by atoms with Crippen molar-refractivity contribution in [2.75, 3.05) is 11.5 Å². The molecule has 178 valence electrons. The third-order valence-electron chi connectivity index (χ3n) is 6.15. The molecule has 0 saturated carbocycles. The van der Waals surface area contributed by atoms with Crippen molar-refractivity contribution in [1.82, 2.24) is 10.2 Å². The number of aromatic nitrogens is 2. The van der Waals surface area contributed by atoms with Crippen LogP contribution in [0.5, 0.6) is 5.75 Å². The molecule has 0 radical (unpaired) electrons. The molecular formula is C27H25N3O4S. The van der Waals surface area contributed by atoms with Gasteiger partial charge in [0.05, 0.1) is 17.0 Å². The van der Waals surface area contributed by atoms with Gasteiger partial charge in [0, 0.05) is 6.42 Å². The smallest absolute Gasteiger partial charge is 0.297 e. The fourth-order valence-electron chi connectivity index (χ4n) is 4.33. The van der Waals surface area contributed by atoms with E-state index >= 15 is 0 Å². The van der Waals surface area contributed by atoms with E-state index in [1.165, 1.54) is 16.2 Å². The lowest BCUT2D eigenvalue weighted by atomic mass is 9.97. The van der Waals surface area contributed by atoms with Crippen LogP contribution in [0.2, 0.25) is 0 Å². The first-order valence-electron chi connectivity index (χ1n) is 11.5. The van der Waals surface area contributed by atoms with Crippen LogP contribution >= 0.6 is 11.3 Å². The lowest BCUT2D eigenvalue weighted by Gasteiger charge is -2.22. The molecule has 1 atom stereocenters. The first-order chi connectivity index (χ1) is 16.9. The predicted molar refractivity (Wildman–Crippen MR) is 137 cm³/mol. The van der Waals surface area contributed by atoms with Crippen molar-refractivity contribution in [2.45, 2.75) is 39.7 Å². The Morgan fingerprint density at radius 1 is 1.17 bits per heavy atom. The zero-order valence-electron chi connectivity index (χ0n) is 19.8. The molecule has 4 aromatic rings. The number of hydrogen-bond donors (Lipinski definition) is 0. The normalized spacial score (nSPS) is 15.0. The van der Waals surface area contributed by atoms with E-state index in [1.807, 2.05) is 50.2 Å². The summed E-state index contributed by atoms with van der Waals surface area (Å²) in [6.07, 6.45) is 3.34. The molecule has 8 heteroatoms. The van der Waals surface area contributed by atoms with E-state index in [0.717, 1.165) is 34.5 Å². The first kappa shape index (κ1) is 23.0. The highest BCUT2D eigenvalue weighted by molar-refractivity contribution is 7.15. The summed E-state index contributed by atoms with van der Waals surface area (Å²) < 4.78 is 11.8. The summed E-state index contributed by atoms with van der Waals surface area (Å²) in [5, 5.41) is 10.3. The molecule has 2 aromatic carbocycles. The second-order valence-electron chi connectivity index (χ2n) is 8.58. The van der Waals surface area contributed by atoms with Gasteiger partial charge in [0.15, 0.2) is 5.43 Å². The summed E-state index contributed by atoms with van der Waals surface area (Å²) in [7, 11) is 0. The van der Waals surface area contributed by atoms with Crippen molar-refractivity contribution in [3.05, 3.63) is 92.3 Å². The quantitative estimate of drug-likeness (QED) is 0.319. The lowest BCUT2D eigenvalue weighted by Crippen LogP contribution is -2.29. The predicted octanol–water partition coefficient (Wildman–Crippen LogP) is 5.53. The van der Waals surface area contributed by atoms with Crippen LogP contribution in [0.15, 0.2) is 58.3 Å². The van der Waals surface area contributed by atoms with Crippen molar-refractivity contribution < 1.29 is 13.9 Å². The molecule has 0 spiro atoms. The molecule has 1 amide bonds. The molecule has 5 rings (SSSR count). The largest absolute Gasteiger partial charge is 0.490 e. The van der Waals surface area contributed by atoms with E-state index in [-0.39, 0.29) is 11.2 Å². The number of fused-ring (bicyclic) bond motifs is 2. The average Bonchev–Trinajstić information content (AvgIpc) is 3.42. The maximum Gasteiger partial charge on any atom is 0.297 e. The number of aryl methyl sites for hydroxylation is 3. The molecule has 1 aliphatic rings. The number of carbonyl (C=O) groups excluding carboxylic acids is 1. The van der Waals surface area contributed by atoms with Crippen LogP contribution in [0.1, 0.15) is 57.2 Å². The molecular weight excluding hydrogens is 462 g/mol. The number of carbonyl (C=O) groups is 1. The Labute approximate surface area is 206 Å². The van der Waals surface area contributed by atoms with Gasteiger partial charge in [-0.15, -0.1) is 10.2 Å². The Morgan fingerprint density at radius 3 is 2.74 bits per heavy atom. The zero-order valence-corrected chi connectivity index (χ0v) is 20.6. The monoisotopic (exact) mass is 487 g/mol. The van der Waals surface area contributed by atoms with Crippen molar-refractivity contribution >= 4 is 33.3 Å². The number of benzene rings is 2. The van der Waals surface area contributed by atoms with Crippen LogP contribution in [0, 0.1) is 13.8 Å². The zero-order chi connectivity index (χ0) is 24.7. The number of anilines is 1. The summed E-state index contributed by atoms with van der Waals surface area (Å²) in [5.74, 6) is 0.253. The molecule has 0 aliphatic carbocycles. The number of rotatable bonds is 7. The molecule has 2 aromatic heterocycles. The highest BCUT2D eigenvalue weighted by Gasteiger charge is 2.45. The van der Waals surface area contributed by atoms with Gasteiger partial charge in [0.2, 0.25) is 10.9 Å². The van der Waals surface area contributed by atoms with Crippen LogP contribution in [0.25, 0.3) is 11.0 Å². The Hall–Kier alpha value is -3.78. The van der Waals surface area contributed by atoms with Gasteiger partial charge in [0.1, 0.15) is 22.9 Å². The van der Waals surface area contributed by atoms with Crippen LogP contribution in [-0.4, -0.2) is 22.7 Å².